The minimum absolute atomic E-state index is 0.265. The molecule has 0 heterocycles. The number of unbranched alkanes of at least 4 members (excludes halogenated alkanes) is 1. The lowest BCUT2D eigenvalue weighted by atomic mass is 9.91. The molecule has 0 aromatic heterocycles. The number of halogens is 1. The summed E-state index contributed by atoms with van der Waals surface area (Å²) in [7, 11) is 0. The molecule has 0 aliphatic carbocycles. The van der Waals surface area contributed by atoms with Gasteiger partial charge < -0.3 is 9.47 Å². The summed E-state index contributed by atoms with van der Waals surface area (Å²) in [5.41, 5.74) is 3.96. The maximum Gasteiger partial charge on any atom is 0.330 e. The Morgan fingerprint density at radius 1 is 0.943 bits per heavy atom. The smallest absolute Gasteiger partial charge is 0.330 e. The highest BCUT2D eigenvalue weighted by molar-refractivity contribution is 5.97. The van der Waals surface area contributed by atoms with E-state index in [0.717, 1.165) is 52.5 Å². The molecule has 4 aromatic rings. The molecular weight excluding hydrogens is 439 g/mol. The van der Waals surface area contributed by atoms with Crippen LogP contribution in [0.3, 0.4) is 0 Å². The predicted octanol–water partition coefficient (Wildman–Crippen LogP) is 8.36. The molecule has 4 heteroatoms. The molecule has 0 amide bonds. The van der Waals surface area contributed by atoms with Crippen LogP contribution < -0.4 is 4.74 Å². The summed E-state index contributed by atoms with van der Waals surface area (Å²) < 4.78 is 25.2. The number of ether oxygens (including phenoxy) is 2. The number of fused-ring (bicyclic) bond motifs is 1. The fourth-order valence-corrected chi connectivity index (χ4v) is 4.09. The third kappa shape index (κ3) is 5.96. The Bertz CT molecular complexity index is 1320. The van der Waals surface area contributed by atoms with Crippen LogP contribution in [0.15, 0.2) is 84.9 Å². The molecule has 4 rings (SSSR count). The molecule has 178 valence electrons. The molecule has 3 nitrogen and oxygen atoms in total. The Labute approximate surface area is 205 Å². The number of hydrogen-bond acceptors (Lipinski definition) is 3. The average molecular weight is 469 g/mol. The van der Waals surface area contributed by atoms with E-state index in [1.165, 1.54) is 23.8 Å². The molecule has 0 unspecified atom stereocenters. The van der Waals surface area contributed by atoms with Gasteiger partial charge in [0.15, 0.2) is 0 Å². The summed E-state index contributed by atoms with van der Waals surface area (Å²) in [5, 5.41) is 2.10. The number of carbonyl (C=O) groups is 1. The Morgan fingerprint density at radius 3 is 2.40 bits per heavy atom. The quantitative estimate of drug-likeness (QED) is 0.183. The maximum atomic E-state index is 13.7. The summed E-state index contributed by atoms with van der Waals surface area (Å²) in [6, 6.07) is 24.5. The van der Waals surface area contributed by atoms with Gasteiger partial charge in [-0.3, -0.25) is 0 Å². The summed E-state index contributed by atoms with van der Waals surface area (Å²) in [6.45, 7) is 4.30. The lowest BCUT2D eigenvalue weighted by molar-refractivity contribution is -0.137. The maximum absolute atomic E-state index is 13.7. The van der Waals surface area contributed by atoms with Crippen LogP contribution in [-0.2, 0) is 16.0 Å². The van der Waals surface area contributed by atoms with Crippen LogP contribution >= 0.6 is 0 Å². The SMILES string of the molecule is CCCCc1cc2ccccc2c(Oc2ccc(C=CC(=O)OCC)cc2)c1-c1ccc(F)cc1. The van der Waals surface area contributed by atoms with Crippen molar-refractivity contribution in [3.63, 3.8) is 0 Å². The molecule has 0 bridgehead atoms. The summed E-state index contributed by atoms with van der Waals surface area (Å²) in [5.74, 6) is 0.806. The van der Waals surface area contributed by atoms with Crippen molar-refractivity contribution < 1.29 is 18.7 Å². The van der Waals surface area contributed by atoms with Crippen LogP contribution in [0, 0.1) is 5.82 Å². The van der Waals surface area contributed by atoms with Crippen molar-refractivity contribution in [1.82, 2.24) is 0 Å². The van der Waals surface area contributed by atoms with Crippen molar-refractivity contribution in [3.05, 3.63) is 102 Å². The molecule has 35 heavy (non-hydrogen) atoms. The second-order valence-corrected chi connectivity index (χ2v) is 8.33. The fourth-order valence-electron chi connectivity index (χ4n) is 4.09. The van der Waals surface area contributed by atoms with E-state index in [-0.39, 0.29) is 11.8 Å². The van der Waals surface area contributed by atoms with Crippen LogP contribution in [-0.4, -0.2) is 12.6 Å². The standard InChI is InChI=1S/C31H29FO3/c1-3-5-8-25-21-24-9-6-7-10-28(24)31(30(25)23-14-16-26(32)17-15-23)35-27-18-11-22(12-19-27)13-20-29(33)34-4-2/h6-7,9-21H,3-5,8H2,1-2H3. The molecule has 0 radical (unpaired) electrons. The molecule has 0 N–H and O–H groups in total. The first-order valence-corrected chi connectivity index (χ1v) is 12.0. The topological polar surface area (TPSA) is 35.5 Å². The predicted molar refractivity (Wildman–Crippen MR) is 140 cm³/mol. The lowest BCUT2D eigenvalue weighted by Crippen LogP contribution is -1.98. The summed E-state index contributed by atoms with van der Waals surface area (Å²) >= 11 is 0. The zero-order valence-electron chi connectivity index (χ0n) is 20.1. The first kappa shape index (κ1) is 24.2. The number of rotatable bonds is 9. The number of benzene rings is 4. The van der Waals surface area contributed by atoms with Gasteiger partial charge in [-0.15, -0.1) is 0 Å². The first-order chi connectivity index (χ1) is 17.1. The van der Waals surface area contributed by atoms with Crippen molar-refractivity contribution in [2.45, 2.75) is 33.1 Å². The van der Waals surface area contributed by atoms with Gasteiger partial charge in [0.2, 0.25) is 0 Å². The highest BCUT2D eigenvalue weighted by Gasteiger charge is 2.17. The minimum atomic E-state index is -0.368. The highest BCUT2D eigenvalue weighted by atomic mass is 19.1. The van der Waals surface area contributed by atoms with Crippen molar-refractivity contribution in [2.24, 2.45) is 0 Å². The molecule has 0 aliphatic rings. The van der Waals surface area contributed by atoms with E-state index < -0.39 is 0 Å². The summed E-state index contributed by atoms with van der Waals surface area (Å²) in [6.07, 6.45) is 6.16. The van der Waals surface area contributed by atoms with Crippen LogP contribution in [0.2, 0.25) is 0 Å². The summed E-state index contributed by atoms with van der Waals surface area (Å²) in [4.78, 5) is 11.6. The van der Waals surface area contributed by atoms with Gasteiger partial charge in [-0.1, -0.05) is 67.9 Å². The molecule has 0 saturated carbocycles. The van der Waals surface area contributed by atoms with Gasteiger partial charge in [-0.25, -0.2) is 9.18 Å². The third-order valence-electron chi connectivity index (χ3n) is 5.81. The fraction of sp³-hybridized carbons (Fsp3) is 0.194. The van der Waals surface area contributed by atoms with E-state index in [9.17, 15) is 9.18 Å². The third-order valence-corrected chi connectivity index (χ3v) is 5.81. The molecule has 0 saturated heterocycles. The molecule has 0 fully saturated rings. The van der Waals surface area contributed by atoms with Crippen molar-refractivity contribution in [2.75, 3.05) is 6.61 Å². The van der Waals surface area contributed by atoms with Gasteiger partial charge >= 0.3 is 5.97 Å². The van der Waals surface area contributed by atoms with Gasteiger partial charge in [-0.2, -0.15) is 0 Å². The Morgan fingerprint density at radius 2 is 1.69 bits per heavy atom. The van der Waals surface area contributed by atoms with Crippen LogP contribution in [0.5, 0.6) is 11.5 Å². The van der Waals surface area contributed by atoms with E-state index in [1.807, 2.05) is 48.5 Å². The van der Waals surface area contributed by atoms with Crippen LogP contribution in [0.1, 0.15) is 37.8 Å². The van der Waals surface area contributed by atoms with Gasteiger partial charge in [0.1, 0.15) is 17.3 Å². The normalized spacial score (nSPS) is 11.2. The molecule has 4 aromatic carbocycles. The Balaban J connectivity index is 1.77. The molecular formula is C31H29FO3. The van der Waals surface area contributed by atoms with Crippen LogP contribution in [0.25, 0.3) is 28.0 Å². The van der Waals surface area contributed by atoms with Crippen LogP contribution in [0.4, 0.5) is 4.39 Å². The van der Waals surface area contributed by atoms with Crippen molar-refractivity contribution >= 4 is 22.8 Å². The van der Waals surface area contributed by atoms with Gasteiger partial charge in [0.05, 0.1) is 6.61 Å². The number of aryl methyl sites for hydroxylation is 1. The second-order valence-electron chi connectivity index (χ2n) is 8.33. The van der Waals surface area contributed by atoms with E-state index in [2.05, 4.69) is 25.1 Å². The van der Waals surface area contributed by atoms with E-state index in [1.54, 1.807) is 13.0 Å². The largest absolute Gasteiger partial charge is 0.463 e. The second kappa shape index (κ2) is 11.5. The highest BCUT2D eigenvalue weighted by Crippen LogP contribution is 2.43. The van der Waals surface area contributed by atoms with Crippen molar-refractivity contribution in [3.8, 4) is 22.6 Å². The van der Waals surface area contributed by atoms with Gasteiger partial charge in [0, 0.05) is 17.0 Å². The monoisotopic (exact) mass is 468 g/mol. The zero-order chi connectivity index (χ0) is 24.6. The van der Waals surface area contributed by atoms with Gasteiger partial charge in [-0.05, 0) is 72.2 Å². The zero-order valence-corrected chi connectivity index (χ0v) is 20.1. The Kier molecular flexibility index (Phi) is 7.94. The minimum Gasteiger partial charge on any atom is -0.463 e. The number of hydrogen-bond donors (Lipinski definition) is 0. The average Bonchev–Trinajstić information content (AvgIpc) is 2.88. The van der Waals surface area contributed by atoms with Crippen molar-refractivity contribution in [1.29, 1.82) is 0 Å². The van der Waals surface area contributed by atoms with E-state index in [4.69, 9.17) is 9.47 Å². The van der Waals surface area contributed by atoms with E-state index in [0.29, 0.717) is 12.4 Å². The van der Waals surface area contributed by atoms with Gasteiger partial charge in [0.25, 0.3) is 0 Å². The molecule has 0 aliphatic heterocycles. The number of carbonyl (C=O) groups excluding carboxylic acids is 1. The molecule has 0 spiro atoms. The first-order valence-electron chi connectivity index (χ1n) is 12.0. The molecule has 0 atom stereocenters. The number of esters is 1. The Hall–Kier alpha value is -3.92. The van der Waals surface area contributed by atoms with E-state index >= 15 is 0 Å². The lowest BCUT2D eigenvalue weighted by Gasteiger charge is -2.19.